The van der Waals surface area contributed by atoms with Gasteiger partial charge in [-0.05, 0) is 50.3 Å². The number of benzene rings is 1. The maximum absolute atomic E-state index is 12.5. The van der Waals surface area contributed by atoms with Crippen molar-refractivity contribution in [3.8, 4) is 0 Å². The first-order valence-electron chi connectivity index (χ1n) is 7.32. The smallest absolute Gasteiger partial charge is 0.230 e. The van der Waals surface area contributed by atoms with Gasteiger partial charge in [0.25, 0.3) is 0 Å². The SMILES string of the molecule is CC1(CNC(=O)C2(c3ccc(N)cc3)CC2)CCCO1. The van der Waals surface area contributed by atoms with Gasteiger partial charge in [0, 0.05) is 18.8 Å². The Morgan fingerprint density at radius 3 is 2.55 bits per heavy atom. The Morgan fingerprint density at radius 2 is 2.00 bits per heavy atom. The van der Waals surface area contributed by atoms with E-state index in [0.717, 1.165) is 43.5 Å². The van der Waals surface area contributed by atoms with Gasteiger partial charge in [0.1, 0.15) is 0 Å². The summed E-state index contributed by atoms with van der Waals surface area (Å²) < 4.78 is 5.71. The highest BCUT2D eigenvalue weighted by Crippen LogP contribution is 2.48. The molecule has 1 aliphatic carbocycles. The van der Waals surface area contributed by atoms with Gasteiger partial charge < -0.3 is 15.8 Å². The fourth-order valence-electron chi connectivity index (χ4n) is 2.99. The van der Waals surface area contributed by atoms with Crippen LogP contribution in [-0.4, -0.2) is 24.7 Å². The number of anilines is 1. The van der Waals surface area contributed by atoms with Crippen molar-refractivity contribution in [3.63, 3.8) is 0 Å². The topological polar surface area (TPSA) is 64.4 Å². The summed E-state index contributed by atoms with van der Waals surface area (Å²) in [6.07, 6.45) is 3.93. The van der Waals surface area contributed by atoms with Crippen molar-refractivity contribution in [2.75, 3.05) is 18.9 Å². The molecule has 0 bridgehead atoms. The van der Waals surface area contributed by atoms with Crippen LogP contribution in [0, 0.1) is 0 Å². The summed E-state index contributed by atoms with van der Waals surface area (Å²) in [5.41, 5.74) is 6.99. The number of nitrogen functional groups attached to an aromatic ring is 1. The third-order valence-corrected chi connectivity index (χ3v) is 4.57. The number of nitrogens with two attached hydrogens (primary N) is 1. The highest BCUT2D eigenvalue weighted by molar-refractivity contribution is 5.91. The Morgan fingerprint density at radius 1 is 1.30 bits per heavy atom. The maximum Gasteiger partial charge on any atom is 0.230 e. The van der Waals surface area contributed by atoms with Crippen LogP contribution in [0.5, 0.6) is 0 Å². The summed E-state index contributed by atoms with van der Waals surface area (Å²) in [6.45, 7) is 3.47. The molecular weight excluding hydrogens is 252 g/mol. The molecule has 2 aliphatic rings. The van der Waals surface area contributed by atoms with E-state index in [1.807, 2.05) is 24.3 Å². The van der Waals surface area contributed by atoms with E-state index in [4.69, 9.17) is 10.5 Å². The number of ether oxygens (including phenoxy) is 1. The molecule has 1 aliphatic heterocycles. The minimum atomic E-state index is -0.331. The van der Waals surface area contributed by atoms with E-state index in [1.54, 1.807) is 0 Å². The average Bonchev–Trinajstić information content (AvgIpc) is 3.14. The normalized spacial score (nSPS) is 27.2. The van der Waals surface area contributed by atoms with Crippen molar-refractivity contribution in [3.05, 3.63) is 29.8 Å². The third-order valence-electron chi connectivity index (χ3n) is 4.57. The van der Waals surface area contributed by atoms with E-state index in [2.05, 4.69) is 12.2 Å². The van der Waals surface area contributed by atoms with E-state index in [1.165, 1.54) is 0 Å². The molecule has 2 fully saturated rings. The van der Waals surface area contributed by atoms with Gasteiger partial charge in [-0.25, -0.2) is 0 Å². The van der Waals surface area contributed by atoms with Crippen LogP contribution in [0.1, 0.15) is 38.2 Å². The molecule has 1 aromatic rings. The van der Waals surface area contributed by atoms with E-state index in [9.17, 15) is 4.79 Å². The lowest BCUT2D eigenvalue weighted by atomic mass is 9.94. The van der Waals surface area contributed by atoms with Gasteiger partial charge in [-0.1, -0.05) is 12.1 Å². The monoisotopic (exact) mass is 274 g/mol. The van der Waals surface area contributed by atoms with Gasteiger partial charge in [-0.2, -0.15) is 0 Å². The molecule has 1 saturated heterocycles. The lowest BCUT2D eigenvalue weighted by Crippen LogP contribution is -2.44. The molecule has 0 aromatic heterocycles. The number of rotatable bonds is 4. The molecule has 1 unspecified atom stereocenters. The van der Waals surface area contributed by atoms with Crippen LogP contribution in [0.4, 0.5) is 5.69 Å². The van der Waals surface area contributed by atoms with Gasteiger partial charge in [0.05, 0.1) is 11.0 Å². The molecule has 1 atom stereocenters. The first kappa shape index (κ1) is 13.4. The van der Waals surface area contributed by atoms with Crippen LogP contribution in [0.3, 0.4) is 0 Å². The van der Waals surface area contributed by atoms with Crippen molar-refractivity contribution >= 4 is 11.6 Å². The minimum absolute atomic E-state index is 0.124. The number of hydrogen-bond donors (Lipinski definition) is 2. The van der Waals surface area contributed by atoms with Crippen molar-refractivity contribution in [1.29, 1.82) is 0 Å². The Bertz CT molecular complexity index is 500. The lowest BCUT2D eigenvalue weighted by molar-refractivity contribution is -0.124. The molecule has 3 N–H and O–H groups in total. The van der Waals surface area contributed by atoms with Crippen molar-refractivity contribution in [2.24, 2.45) is 0 Å². The van der Waals surface area contributed by atoms with Gasteiger partial charge in [0.2, 0.25) is 5.91 Å². The summed E-state index contributed by atoms with van der Waals surface area (Å²) in [7, 11) is 0. The Kier molecular flexibility index (Phi) is 3.21. The van der Waals surface area contributed by atoms with Gasteiger partial charge in [-0.3, -0.25) is 4.79 Å². The van der Waals surface area contributed by atoms with E-state index >= 15 is 0 Å². The van der Waals surface area contributed by atoms with Crippen LogP contribution >= 0.6 is 0 Å². The molecule has 1 aromatic carbocycles. The predicted molar refractivity (Wildman–Crippen MR) is 78.4 cm³/mol. The molecule has 0 spiro atoms. The molecular formula is C16H22N2O2. The number of carbonyl (C=O) groups is 1. The molecule has 4 heteroatoms. The van der Waals surface area contributed by atoms with Crippen molar-refractivity contribution < 1.29 is 9.53 Å². The number of hydrogen-bond acceptors (Lipinski definition) is 3. The van der Waals surface area contributed by atoms with Gasteiger partial charge in [0.15, 0.2) is 0 Å². The van der Waals surface area contributed by atoms with Crippen LogP contribution in [-0.2, 0) is 14.9 Å². The minimum Gasteiger partial charge on any atom is -0.399 e. The Labute approximate surface area is 119 Å². The first-order chi connectivity index (χ1) is 9.54. The van der Waals surface area contributed by atoms with E-state index in [0.29, 0.717) is 6.54 Å². The average molecular weight is 274 g/mol. The van der Waals surface area contributed by atoms with Crippen LogP contribution < -0.4 is 11.1 Å². The molecule has 0 radical (unpaired) electrons. The van der Waals surface area contributed by atoms with Crippen LogP contribution in [0.2, 0.25) is 0 Å². The Hall–Kier alpha value is -1.55. The molecule has 3 rings (SSSR count). The largest absolute Gasteiger partial charge is 0.399 e. The van der Waals surface area contributed by atoms with Gasteiger partial charge in [-0.15, -0.1) is 0 Å². The molecule has 1 amide bonds. The molecule has 1 saturated carbocycles. The quantitative estimate of drug-likeness (QED) is 0.825. The predicted octanol–water partition coefficient (Wildman–Crippen LogP) is 1.99. The zero-order valence-corrected chi connectivity index (χ0v) is 11.9. The Balaban J connectivity index is 1.66. The highest BCUT2D eigenvalue weighted by atomic mass is 16.5. The molecule has 1 heterocycles. The molecule has 108 valence electrons. The summed E-state index contributed by atoms with van der Waals surface area (Å²) >= 11 is 0. The highest BCUT2D eigenvalue weighted by Gasteiger charge is 2.51. The van der Waals surface area contributed by atoms with Crippen molar-refractivity contribution in [1.82, 2.24) is 5.32 Å². The number of nitrogens with one attached hydrogen (secondary N) is 1. The fourth-order valence-corrected chi connectivity index (χ4v) is 2.99. The maximum atomic E-state index is 12.5. The second-order valence-electron chi connectivity index (χ2n) is 6.29. The zero-order valence-electron chi connectivity index (χ0n) is 11.9. The summed E-state index contributed by atoms with van der Waals surface area (Å²) in [5, 5.41) is 3.09. The van der Waals surface area contributed by atoms with Gasteiger partial charge >= 0.3 is 0 Å². The second kappa shape index (κ2) is 4.77. The van der Waals surface area contributed by atoms with E-state index < -0.39 is 0 Å². The first-order valence-corrected chi connectivity index (χ1v) is 7.32. The lowest BCUT2D eigenvalue weighted by Gasteiger charge is -2.25. The van der Waals surface area contributed by atoms with Crippen LogP contribution in [0.15, 0.2) is 24.3 Å². The molecule has 20 heavy (non-hydrogen) atoms. The summed E-state index contributed by atoms with van der Waals surface area (Å²) in [5.74, 6) is 0.124. The standard InChI is InChI=1S/C16H22N2O2/c1-15(7-2-10-20-15)11-18-14(19)16(8-9-16)12-3-5-13(17)6-4-12/h3-6H,2,7-11,17H2,1H3,(H,18,19). The number of amides is 1. The summed E-state index contributed by atoms with van der Waals surface area (Å²) in [4.78, 5) is 12.5. The number of carbonyl (C=O) groups excluding carboxylic acids is 1. The molecule has 4 nitrogen and oxygen atoms in total. The van der Waals surface area contributed by atoms with Crippen molar-refractivity contribution in [2.45, 2.75) is 43.6 Å². The fraction of sp³-hybridized carbons (Fsp3) is 0.562. The van der Waals surface area contributed by atoms with E-state index in [-0.39, 0.29) is 16.9 Å². The zero-order chi connectivity index (χ0) is 14.2. The summed E-state index contributed by atoms with van der Waals surface area (Å²) in [6, 6.07) is 7.67. The third kappa shape index (κ3) is 2.40. The second-order valence-corrected chi connectivity index (χ2v) is 6.29. The van der Waals surface area contributed by atoms with Crippen LogP contribution in [0.25, 0.3) is 0 Å².